The van der Waals surface area contributed by atoms with Gasteiger partial charge in [0.2, 0.25) is 0 Å². The summed E-state index contributed by atoms with van der Waals surface area (Å²) in [4.78, 5) is 31.0. The number of benzene rings is 2. The van der Waals surface area contributed by atoms with Gasteiger partial charge in [0.1, 0.15) is 0 Å². The molecule has 0 unspecified atom stereocenters. The van der Waals surface area contributed by atoms with Crippen molar-refractivity contribution < 1.29 is 9.59 Å². The average Bonchev–Trinajstić information content (AvgIpc) is 3.13. The first-order chi connectivity index (χ1) is 19.0. The van der Waals surface area contributed by atoms with Crippen molar-refractivity contribution >= 4 is 41.0 Å². The standard InChI is InChI=1S/C35H36ClNO2/c1-3-12-32(26-36)37-24-11-18-30(34(38)19-10-7-15-28-13-5-4-6-14-28)22-23-35(39)33-25-31-17-9-8-16-29(31)21-20-27(33)2/h3-6,8-10,12-14,16-17,19,21-22,25H,7,11,15,18,23-24,26H2,1-2H3/b12-3+,19-10+,30-22-,37-32?. The molecule has 3 rings (SSSR count). The van der Waals surface area contributed by atoms with Gasteiger partial charge in [-0.15, -0.1) is 17.3 Å². The number of carbonyl (C=O) groups is 2. The van der Waals surface area contributed by atoms with Crippen LogP contribution in [0.15, 0.2) is 112 Å². The lowest BCUT2D eigenvalue weighted by atomic mass is 9.96. The molecule has 0 N–H and O–H groups in total. The third kappa shape index (κ3) is 9.80. The van der Waals surface area contributed by atoms with Crippen LogP contribution >= 0.6 is 11.6 Å². The summed E-state index contributed by atoms with van der Waals surface area (Å²) in [5, 5.41) is 0. The lowest BCUT2D eigenvalue weighted by Gasteiger charge is -2.07. The van der Waals surface area contributed by atoms with E-state index < -0.39 is 0 Å². The van der Waals surface area contributed by atoms with Crippen molar-refractivity contribution in [3.63, 3.8) is 0 Å². The second kappa shape index (κ2) is 16.2. The highest BCUT2D eigenvalue weighted by molar-refractivity contribution is 6.30. The van der Waals surface area contributed by atoms with Gasteiger partial charge in [0.25, 0.3) is 0 Å². The van der Waals surface area contributed by atoms with Crippen molar-refractivity contribution in [3.8, 4) is 0 Å². The van der Waals surface area contributed by atoms with Crippen LogP contribution in [0.25, 0.3) is 12.2 Å². The van der Waals surface area contributed by atoms with Crippen LogP contribution in [-0.4, -0.2) is 29.7 Å². The molecule has 39 heavy (non-hydrogen) atoms. The number of fused-ring (bicyclic) bond motifs is 1. The number of carbonyl (C=O) groups excluding carboxylic acids is 2. The van der Waals surface area contributed by atoms with Gasteiger partial charge in [0.05, 0.1) is 5.88 Å². The van der Waals surface area contributed by atoms with Crippen molar-refractivity contribution in [2.75, 3.05) is 12.4 Å². The number of hydrogen-bond donors (Lipinski definition) is 0. The maximum absolute atomic E-state index is 13.3. The normalized spacial score (nSPS) is 13.8. The summed E-state index contributed by atoms with van der Waals surface area (Å²) < 4.78 is 0. The zero-order valence-electron chi connectivity index (χ0n) is 22.8. The van der Waals surface area contributed by atoms with Gasteiger partial charge >= 0.3 is 0 Å². The van der Waals surface area contributed by atoms with Crippen LogP contribution in [0.5, 0.6) is 0 Å². The quantitative estimate of drug-likeness (QED) is 0.0799. The van der Waals surface area contributed by atoms with Gasteiger partial charge in [0.15, 0.2) is 11.6 Å². The van der Waals surface area contributed by atoms with Gasteiger partial charge in [-0.2, -0.15) is 0 Å². The molecule has 4 heteroatoms. The Kier molecular flexibility index (Phi) is 12.4. The van der Waals surface area contributed by atoms with E-state index in [-0.39, 0.29) is 18.0 Å². The fourth-order valence-corrected chi connectivity index (χ4v) is 4.43. The van der Waals surface area contributed by atoms with Gasteiger partial charge in [-0.05, 0) is 86.1 Å². The Bertz CT molecular complexity index is 1370. The minimum Gasteiger partial charge on any atom is -0.294 e. The number of aliphatic imine (C=N–C) groups is 1. The smallest absolute Gasteiger partial charge is 0.181 e. The molecule has 0 aromatic heterocycles. The first-order valence-corrected chi connectivity index (χ1v) is 14.0. The molecule has 0 radical (unpaired) electrons. The van der Waals surface area contributed by atoms with Crippen molar-refractivity contribution in [1.29, 1.82) is 0 Å². The maximum atomic E-state index is 13.3. The zero-order chi connectivity index (χ0) is 27.9. The Hall–Kier alpha value is -3.78. The zero-order valence-corrected chi connectivity index (χ0v) is 23.6. The monoisotopic (exact) mass is 537 g/mol. The Labute approximate surface area is 237 Å². The molecule has 0 heterocycles. The van der Waals surface area contributed by atoms with Crippen LogP contribution in [0, 0.1) is 0 Å². The number of aryl methyl sites for hydroxylation is 1. The highest BCUT2D eigenvalue weighted by atomic mass is 35.5. The van der Waals surface area contributed by atoms with Crippen LogP contribution < -0.4 is 0 Å². The summed E-state index contributed by atoms with van der Waals surface area (Å²) in [7, 11) is 0. The Morgan fingerprint density at radius 1 is 1.00 bits per heavy atom. The summed E-state index contributed by atoms with van der Waals surface area (Å²) in [6.45, 7) is 4.39. The molecule has 0 spiro atoms. The van der Waals surface area contributed by atoms with Crippen LogP contribution in [-0.2, 0) is 16.0 Å². The number of rotatable bonds is 14. The van der Waals surface area contributed by atoms with Crippen LogP contribution in [0.2, 0.25) is 0 Å². The molecule has 0 saturated heterocycles. The van der Waals surface area contributed by atoms with Crippen LogP contribution in [0.1, 0.15) is 56.2 Å². The van der Waals surface area contributed by atoms with Gasteiger partial charge in [0, 0.05) is 29.8 Å². The topological polar surface area (TPSA) is 46.5 Å². The largest absolute Gasteiger partial charge is 0.294 e. The Morgan fingerprint density at radius 2 is 1.74 bits per heavy atom. The SMILES string of the molecule is C/C=C/C(CCl)=NCCC/C(=C/CC(=O)C1=Cc2ccccc2C=C=C1C)C(=O)/C=C/CCc1ccccc1. The number of alkyl halides is 1. The maximum Gasteiger partial charge on any atom is 0.181 e. The summed E-state index contributed by atoms with van der Waals surface area (Å²) in [5.41, 5.74) is 9.37. The molecule has 200 valence electrons. The van der Waals surface area contributed by atoms with Crippen molar-refractivity contribution in [1.82, 2.24) is 0 Å². The Balaban J connectivity index is 1.72. The molecule has 1 aliphatic carbocycles. The third-order valence-corrected chi connectivity index (χ3v) is 6.70. The van der Waals surface area contributed by atoms with Crippen LogP contribution in [0.3, 0.4) is 0 Å². The van der Waals surface area contributed by atoms with E-state index in [2.05, 4.69) is 22.9 Å². The molecule has 0 fully saturated rings. The van der Waals surface area contributed by atoms with E-state index in [0.717, 1.165) is 35.3 Å². The van der Waals surface area contributed by atoms with Gasteiger partial charge in [-0.25, -0.2) is 0 Å². The molecule has 1 aliphatic rings. The van der Waals surface area contributed by atoms with E-state index in [1.54, 1.807) is 12.2 Å². The van der Waals surface area contributed by atoms with E-state index in [1.165, 1.54) is 5.56 Å². The molecule has 2 aromatic rings. The predicted molar refractivity (Wildman–Crippen MR) is 165 cm³/mol. The van der Waals surface area contributed by atoms with Crippen molar-refractivity contribution in [3.05, 3.63) is 124 Å². The highest BCUT2D eigenvalue weighted by Crippen LogP contribution is 2.24. The molecule has 0 aliphatic heterocycles. The number of ketones is 2. The van der Waals surface area contributed by atoms with E-state index in [9.17, 15) is 9.59 Å². The summed E-state index contributed by atoms with van der Waals surface area (Å²) in [6, 6.07) is 18.1. The molecule has 3 nitrogen and oxygen atoms in total. The number of Topliss-reactive ketones (excluding diaryl/α,β-unsaturated/α-hetero) is 1. The number of allylic oxidation sites excluding steroid dienone is 8. The van der Waals surface area contributed by atoms with Crippen molar-refractivity contribution in [2.24, 2.45) is 4.99 Å². The lowest BCUT2D eigenvalue weighted by Crippen LogP contribution is -2.06. The molecule has 0 saturated carbocycles. The second-order valence-electron chi connectivity index (χ2n) is 9.36. The van der Waals surface area contributed by atoms with Gasteiger partial charge < -0.3 is 0 Å². The second-order valence-corrected chi connectivity index (χ2v) is 9.63. The van der Waals surface area contributed by atoms with Crippen molar-refractivity contribution in [2.45, 2.75) is 46.0 Å². The minimum atomic E-state index is -0.0572. The molecule has 0 amide bonds. The summed E-state index contributed by atoms with van der Waals surface area (Å²) in [5.74, 6) is 0.265. The first-order valence-electron chi connectivity index (χ1n) is 13.4. The van der Waals surface area contributed by atoms with Gasteiger partial charge in [-0.1, -0.05) is 72.8 Å². The lowest BCUT2D eigenvalue weighted by molar-refractivity contribution is -0.114. The van der Waals surface area contributed by atoms with E-state index in [1.807, 2.05) is 86.7 Å². The van der Waals surface area contributed by atoms with E-state index >= 15 is 0 Å². The Morgan fingerprint density at radius 3 is 2.49 bits per heavy atom. The predicted octanol–water partition coefficient (Wildman–Crippen LogP) is 8.32. The fraction of sp³-hybridized carbons (Fsp3) is 0.257. The van der Waals surface area contributed by atoms with Gasteiger partial charge in [-0.3, -0.25) is 14.6 Å². The van der Waals surface area contributed by atoms with E-state index in [4.69, 9.17) is 11.6 Å². The molecule has 0 atom stereocenters. The average molecular weight is 538 g/mol. The molecular weight excluding hydrogens is 502 g/mol. The fourth-order valence-electron chi connectivity index (χ4n) is 4.26. The first kappa shape index (κ1) is 29.8. The minimum absolute atomic E-state index is 0.0287. The molecule has 2 aromatic carbocycles. The molecular formula is C35H36ClNO2. The summed E-state index contributed by atoms with van der Waals surface area (Å²) in [6.07, 6.45) is 16.0. The number of halogens is 1. The van der Waals surface area contributed by atoms with Crippen LogP contribution in [0.4, 0.5) is 0 Å². The highest BCUT2D eigenvalue weighted by Gasteiger charge is 2.15. The number of hydrogen-bond acceptors (Lipinski definition) is 3. The summed E-state index contributed by atoms with van der Waals surface area (Å²) >= 11 is 5.96. The molecule has 0 bridgehead atoms. The number of nitrogens with zero attached hydrogens (tertiary/aromatic N) is 1. The third-order valence-electron chi connectivity index (χ3n) is 6.42. The van der Waals surface area contributed by atoms with E-state index in [0.29, 0.717) is 36.4 Å².